The number of halogens is 1. The molecule has 6 aromatic heterocycles. The van der Waals surface area contributed by atoms with Crippen LogP contribution in [0.4, 0.5) is 10.1 Å². The van der Waals surface area contributed by atoms with Gasteiger partial charge < -0.3 is 9.88 Å². The second-order valence-electron chi connectivity index (χ2n) is 7.96. The number of nitrogens with one attached hydrogen (secondary N) is 2. The van der Waals surface area contributed by atoms with E-state index < -0.39 is 0 Å². The summed E-state index contributed by atoms with van der Waals surface area (Å²) in [6, 6.07) is 9.44. The molecule has 6 heterocycles. The molecule has 0 aromatic carbocycles. The van der Waals surface area contributed by atoms with E-state index in [9.17, 15) is 4.39 Å². The molecule has 162 valence electrons. The summed E-state index contributed by atoms with van der Waals surface area (Å²) in [5, 5.41) is 9.15. The van der Waals surface area contributed by atoms with Crippen molar-refractivity contribution in [2.75, 3.05) is 19.0 Å². The van der Waals surface area contributed by atoms with Gasteiger partial charge in [0.2, 0.25) is 0 Å². The summed E-state index contributed by atoms with van der Waals surface area (Å²) in [5.41, 5.74) is 7.01. The van der Waals surface area contributed by atoms with Crippen molar-refractivity contribution in [3.8, 4) is 33.0 Å². The fraction of sp³-hybridized carbons (Fsp3) is 0.0833. The fourth-order valence-electron chi connectivity index (χ4n) is 3.93. The molecule has 0 saturated heterocycles. The lowest BCUT2D eigenvalue weighted by Gasteiger charge is -2.12. The first-order chi connectivity index (χ1) is 16.1. The maximum absolute atomic E-state index is 13.6. The third kappa shape index (κ3) is 3.33. The molecule has 0 saturated carbocycles. The smallest absolute Gasteiger partial charge is 0.181 e. The van der Waals surface area contributed by atoms with Gasteiger partial charge in [-0.3, -0.25) is 15.1 Å². The van der Waals surface area contributed by atoms with E-state index in [1.54, 1.807) is 18.5 Å². The number of nitrogens with zero attached hydrogens (tertiary/aromatic N) is 5. The predicted molar refractivity (Wildman–Crippen MR) is 130 cm³/mol. The third-order valence-electron chi connectivity index (χ3n) is 5.64. The average molecular weight is 456 g/mol. The summed E-state index contributed by atoms with van der Waals surface area (Å²) in [5.74, 6) is 0. The van der Waals surface area contributed by atoms with E-state index in [1.807, 2.05) is 43.7 Å². The van der Waals surface area contributed by atoms with E-state index in [1.165, 1.54) is 6.07 Å². The van der Waals surface area contributed by atoms with Gasteiger partial charge >= 0.3 is 0 Å². The SMILES string of the molecule is CN(C)c1cncc(-c2cnc3n[nH]c(-c4cc5c(-c6ccc(F)s6)cncc5[nH]4)c3c2)c1. The second-order valence-corrected chi connectivity index (χ2v) is 8.99. The average Bonchev–Trinajstić information content (AvgIpc) is 3.55. The molecule has 6 aromatic rings. The largest absolute Gasteiger partial charge is 0.376 e. The Balaban J connectivity index is 1.48. The Kier molecular flexibility index (Phi) is 4.44. The summed E-state index contributed by atoms with van der Waals surface area (Å²) in [6.45, 7) is 0. The molecule has 0 atom stereocenters. The standard InChI is InChI=1S/C24H18FN7S/c1-32(2)15-5-13(8-26-10-15)14-6-17-23(30-31-24(17)28-9-14)19-7-16-18(11-27-12-20(16)29-19)21-3-4-22(25)33-21/h3-12,29H,1-2H3,(H,28,30,31). The highest BCUT2D eigenvalue weighted by molar-refractivity contribution is 7.14. The highest BCUT2D eigenvalue weighted by Crippen LogP contribution is 2.36. The van der Waals surface area contributed by atoms with Crippen LogP contribution in [0.2, 0.25) is 0 Å². The van der Waals surface area contributed by atoms with Crippen LogP contribution >= 0.6 is 11.3 Å². The predicted octanol–water partition coefficient (Wildman–Crippen LogP) is 5.50. The minimum Gasteiger partial charge on any atom is -0.376 e. The maximum atomic E-state index is 13.6. The summed E-state index contributed by atoms with van der Waals surface area (Å²) in [6.07, 6.45) is 9.00. The Morgan fingerprint density at radius 3 is 2.58 bits per heavy atom. The molecule has 0 aliphatic carbocycles. The first kappa shape index (κ1) is 19.6. The third-order valence-corrected chi connectivity index (χ3v) is 6.54. The zero-order valence-corrected chi connectivity index (χ0v) is 18.6. The molecule has 9 heteroatoms. The molecule has 0 amide bonds. The molecule has 0 radical (unpaired) electrons. The van der Waals surface area contributed by atoms with Gasteiger partial charge in [0.05, 0.1) is 35.0 Å². The number of fused-ring (bicyclic) bond motifs is 2. The molecule has 0 fully saturated rings. The molecule has 0 aliphatic rings. The van der Waals surface area contributed by atoms with Crippen LogP contribution in [0, 0.1) is 5.13 Å². The summed E-state index contributed by atoms with van der Waals surface area (Å²) in [4.78, 5) is 19.5. The highest BCUT2D eigenvalue weighted by Gasteiger charge is 2.16. The first-order valence-electron chi connectivity index (χ1n) is 10.3. The van der Waals surface area contributed by atoms with E-state index in [-0.39, 0.29) is 5.13 Å². The summed E-state index contributed by atoms with van der Waals surface area (Å²) < 4.78 is 13.6. The molecule has 0 spiro atoms. The van der Waals surface area contributed by atoms with E-state index in [0.29, 0.717) is 5.65 Å². The molecule has 7 nitrogen and oxygen atoms in total. The Bertz CT molecular complexity index is 1630. The van der Waals surface area contributed by atoms with Gasteiger partial charge in [0, 0.05) is 65.0 Å². The molecule has 2 N–H and O–H groups in total. The zero-order valence-electron chi connectivity index (χ0n) is 17.8. The number of aromatic nitrogens is 6. The molecule has 0 aliphatic heterocycles. The van der Waals surface area contributed by atoms with Crippen molar-refractivity contribution in [1.29, 1.82) is 0 Å². The molecule has 6 rings (SSSR count). The Morgan fingerprint density at radius 2 is 1.76 bits per heavy atom. The van der Waals surface area contributed by atoms with Crippen LogP contribution in [0.25, 0.3) is 54.9 Å². The van der Waals surface area contributed by atoms with Gasteiger partial charge in [-0.2, -0.15) is 9.49 Å². The lowest BCUT2D eigenvalue weighted by atomic mass is 10.1. The number of aromatic amines is 2. The van der Waals surface area contributed by atoms with E-state index in [2.05, 4.69) is 42.3 Å². The highest BCUT2D eigenvalue weighted by atomic mass is 32.1. The van der Waals surface area contributed by atoms with Gasteiger partial charge in [0.15, 0.2) is 10.8 Å². The fourth-order valence-corrected chi connectivity index (χ4v) is 4.69. The number of H-pyrrole nitrogens is 2. The number of rotatable bonds is 4. The number of anilines is 1. The number of thiophene rings is 1. The van der Waals surface area contributed by atoms with Gasteiger partial charge in [0.25, 0.3) is 0 Å². The van der Waals surface area contributed by atoms with Crippen LogP contribution in [0.15, 0.2) is 61.3 Å². The minimum absolute atomic E-state index is 0.219. The maximum Gasteiger partial charge on any atom is 0.181 e. The van der Waals surface area contributed by atoms with E-state index in [4.69, 9.17) is 0 Å². The van der Waals surface area contributed by atoms with Gasteiger partial charge in [0.1, 0.15) is 0 Å². The van der Waals surface area contributed by atoms with Crippen LogP contribution in [0.5, 0.6) is 0 Å². The van der Waals surface area contributed by atoms with Crippen molar-refractivity contribution < 1.29 is 4.39 Å². The van der Waals surface area contributed by atoms with Crippen LogP contribution in [-0.2, 0) is 0 Å². The molecular weight excluding hydrogens is 437 g/mol. The second kappa shape index (κ2) is 7.49. The van der Waals surface area contributed by atoms with E-state index in [0.717, 1.165) is 66.3 Å². The van der Waals surface area contributed by atoms with Gasteiger partial charge in [-0.1, -0.05) is 0 Å². The lowest BCUT2D eigenvalue weighted by Crippen LogP contribution is -2.08. The Hall–Kier alpha value is -4.11. The van der Waals surface area contributed by atoms with Crippen molar-refractivity contribution in [1.82, 2.24) is 30.1 Å². The van der Waals surface area contributed by atoms with Crippen LogP contribution in [0.1, 0.15) is 0 Å². The quantitative estimate of drug-likeness (QED) is 0.367. The van der Waals surface area contributed by atoms with E-state index >= 15 is 0 Å². The Morgan fingerprint density at radius 1 is 0.909 bits per heavy atom. The van der Waals surface area contributed by atoms with Crippen molar-refractivity contribution in [3.05, 3.63) is 66.4 Å². The van der Waals surface area contributed by atoms with Crippen molar-refractivity contribution in [2.24, 2.45) is 0 Å². The van der Waals surface area contributed by atoms with Crippen molar-refractivity contribution in [3.63, 3.8) is 0 Å². The number of hydrogen-bond acceptors (Lipinski definition) is 6. The lowest BCUT2D eigenvalue weighted by molar-refractivity contribution is 0.657. The zero-order chi connectivity index (χ0) is 22.5. The molecule has 33 heavy (non-hydrogen) atoms. The molecule has 0 unspecified atom stereocenters. The van der Waals surface area contributed by atoms with Crippen molar-refractivity contribution in [2.45, 2.75) is 0 Å². The summed E-state index contributed by atoms with van der Waals surface area (Å²) >= 11 is 1.11. The Labute approximate surface area is 192 Å². The molecule has 0 bridgehead atoms. The number of hydrogen-bond donors (Lipinski definition) is 2. The minimum atomic E-state index is -0.219. The monoisotopic (exact) mass is 455 g/mol. The molecular formula is C24H18FN7S. The van der Waals surface area contributed by atoms with Crippen LogP contribution in [0.3, 0.4) is 0 Å². The van der Waals surface area contributed by atoms with Crippen LogP contribution in [-0.4, -0.2) is 44.2 Å². The summed E-state index contributed by atoms with van der Waals surface area (Å²) in [7, 11) is 3.97. The topological polar surface area (TPSA) is 86.4 Å². The normalized spacial score (nSPS) is 11.5. The van der Waals surface area contributed by atoms with Crippen LogP contribution < -0.4 is 4.90 Å². The first-order valence-corrected chi connectivity index (χ1v) is 11.1. The number of pyridine rings is 3. The van der Waals surface area contributed by atoms with Gasteiger partial charge in [-0.25, -0.2) is 4.98 Å². The van der Waals surface area contributed by atoms with Gasteiger partial charge in [-0.15, -0.1) is 11.3 Å². The van der Waals surface area contributed by atoms with Gasteiger partial charge in [-0.05, 0) is 30.3 Å². The van der Waals surface area contributed by atoms with Crippen molar-refractivity contribution >= 4 is 39.0 Å².